The fraction of sp³-hybridized carbons (Fsp3) is 0.421. The maximum Gasteiger partial charge on any atom is 0.254 e. The average Bonchev–Trinajstić information content (AvgIpc) is 3.16. The van der Waals surface area contributed by atoms with Crippen LogP contribution in [0.3, 0.4) is 0 Å². The number of fused-ring (bicyclic) bond motifs is 1. The Bertz CT molecular complexity index is 800. The third-order valence-electron chi connectivity index (χ3n) is 4.84. The summed E-state index contributed by atoms with van der Waals surface area (Å²) in [6.45, 7) is 2.49. The molecule has 0 saturated carbocycles. The molecule has 25 heavy (non-hydrogen) atoms. The summed E-state index contributed by atoms with van der Waals surface area (Å²) in [6.07, 6.45) is 3.14. The van der Waals surface area contributed by atoms with Crippen molar-refractivity contribution in [2.75, 3.05) is 38.7 Å². The number of amides is 1. The van der Waals surface area contributed by atoms with Gasteiger partial charge >= 0.3 is 0 Å². The summed E-state index contributed by atoms with van der Waals surface area (Å²) >= 11 is 0. The number of rotatable bonds is 3. The van der Waals surface area contributed by atoms with E-state index in [2.05, 4.69) is 10.3 Å². The molecule has 1 amide bonds. The van der Waals surface area contributed by atoms with Crippen molar-refractivity contribution < 1.29 is 9.53 Å². The lowest BCUT2D eigenvalue weighted by Crippen LogP contribution is -2.40. The highest BCUT2D eigenvalue weighted by Gasteiger charge is 2.21. The highest BCUT2D eigenvalue weighted by Crippen LogP contribution is 2.29. The molecule has 0 atom stereocenters. The third-order valence-corrected chi connectivity index (χ3v) is 4.84. The van der Waals surface area contributed by atoms with Gasteiger partial charge in [0, 0.05) is 42.5 Å². The van der Waals surface area contributed by atoms with E-state index in [1.54, 1.807) is 0 Å². The number of ether oxygens (including phenoxy) is 1. The van der Waals surface area contributed by atoms with Crippen molar-refractivity contribution in [1.82, 2.24) is 14.9 Å². The molecule has 1 N–H and O–H groups in total. The lowest BCUT2D eigenvalue weighted by Gasteiger charge is -2.27. The van der Waals surface area contributed by atoms with Crippen LogP contribution in [-0.4, -0.2) is 54.1 Å². The van der Waals surface area contributed by atoms with Gasteiger partial charge in [0.15, 0.2) is 5.82 Å². The van der Waals surface area contributed by atoms with E-state index in [0.717, 1.165) is 36.3 Å². The second-order valence-electron chi connectivity index (χ2n) is 6.41. The standard InChI is InChI=1S/C19H22N4O2/c1-20-18-15-6-3-7-16(15)21-17(22-18)13-4-2-5-14(12-13)19(24)23-8-10-25-11-9-23/h2,4-5,12H,3,6-11H2,1H3,(H,20,21,22). The molecule has 6 nitrogen and oxygen atoms in total. The first kappa shape index (κ1) is 16.0. The molecule has 0 bridgehead atoms. The zero-order valence-corrected chi connectivity index (χ0v) is 14.4. The number of carbonyl (C=O) groups excluding carboxylic acids is 1. The number of nitrogens with one attached hydrogen (secondary N) is 1. The number of aromatic nitrogens is 2. The number of benzene rings is 1. The molecule has 0 unspecified atom stereocenters. The van der Waals surface area contributed by atoms with Crippen LogP contribution in [0.5, 0.6) is 0 Å². The minimum atomic E-state index is 0.0418. The summed E-state index contributed by atoms with van der Waals surface area (Å²) in [5.41, 5.74) is 3.91. The van der Waals surface area contributed by atoms with Gasteiger partial charge in [0.25, 0.3) is 5.91 Å². The molecule has 1 aliphatic heterocycles. The first-order valence-corrected chi connectivity index (χ1v) is 8.81. The van der Waals surface area contributed by atoms with Crippen molar-refractivity contribution >= 4 is 11.7 Å². The minimum Gasteiger partial charge on any atom is -0.378 e. The van der Waals surface area contributed by atoms with Crippen molar-refractivity contribution in [2.45, 2.75) is 19.3 Å². The molecule has 2 aromatic rings. The molecule has 6 heteroatoms. The summed E-state index contributed by atoms with van der Waals surface area (Å²) < 4.78 is 5.33. The van der Waals surface area contributed by atoms with Gasteiger partial charge in [-0.05, 0) is 31.4 Å². The van der Waals surface area contributed by atoms with Gasteiger partial charge in [-0.3, -0.25) is 4.79 Å². The number of hydrogen-bond acceptors (Lipinski definition) is 5. The highest BCUT2D eigenvalue weighted by molar-refractivity contribution is 5.95. The van der Waals surface area contributed by atoms with Crippen LogP contribution in [0.15, 0.2) is 24.3 Å². The molecule has 0 spiro atoms. The topological polar surface area (TPSA) is 67.4 Å². The Hall–Kier alpha value is -2.47. The van der Waals surface area contributed by atoms with Crippen LogP contribution >= 0.6 is 0 Å². The molecule has 1 saturated heterocycles. The summed E-state index contributed by atoms with van der Waals surface area (Å²) in [5, 5.41) is 3.19. The van der Waals surface area contributed by atoms with Gasteiger partial charge in [-0.2, -0.15) is 0 Å². The zero-order valence-electron chi connectivity index (χ0n) is 14.4. The van der Waals surface area contributed by atoms with E-state index in [1.165, 1.54) is 5.56 Å². The Morgan fingerprint density at radius 1 is 1.20 bits per heavy atom. The van der Waals surface area contributed by atoms with Crippen LogP contribution in [-0.2, 0) is 17.6 Å². The van der Waals surface area contributed by atoms with Crippen molar-refractivity contribution in [1.29, 1.82) is 0 Å². The van der Waals surface area contributed by atoms with E-state index in [0.29, 0.717) is 37.7 Å². The van der Waals surface area contributed by atoms with Crippen molar-refractivity contribution in [2.24, 2.45) is 0 Å². The maximum atomic E-state index is 12.7. The lowest BCUT2D eigenvalue weighted by molar-refractivity contribution is 0.0303. The Balaban J connectivity index is 1.67. The van der Waals surface area contributed by atoms with E-state index < -0.39 is 0 Å². The first-order chi connectivity index (χ1) is 12.3. The maximum absolute atomic E-state index is 12.7. The zero-order chi connectivity index (χ0) is 17.2. The van der Waals surface area contributed by atoms with Crippen LogP contribution in [0, 0.1) is 0 Å². The Kier molecular flexibility index (Phi) is 4.36. The minimum absolute atomic E-state index is 0.0418. The van der Waals surface area contributed by atoms with Gasteiger partial charge in [0.1, 0.15) is 5.82 Å². The van der Waals surface area contributed by atoms with Gasteiger partial charge in [-0.25, -0.2) is 9.97 Å². The molecule has 0 radical (unpaired) electrons. The van der Waals surface area contributed by atoms with E-state index in [-0.39, 0.29) is 5.91 Å². The van der Waals surface area contributed by atoms with E-state index in [4.69, 9.17) is 9.72 Å². The number of hydrogen-bond donors (Lipinski definition) is 1. The van der Waals surface area contributed by atoms with Crippen molar-refractivity contribution in [3.63, 3.8) is 0 Å². The number of morpholine rings is 1. The Morgan fingerprint density at radius 2 is 2.04 bits per heavy atom. The monoisotopic (exact) mass is 338 g/mol. The quantitative estimate of drug-likeness (QED) is 0.929. The summed E-state index contributed by atoms with van der Waals surface area (Å²) in [5.74, 6) is 1.63. The predicted octanol–water partition coefficient (Wildman–Crippen LogP) is 2.15. The Morgan fingerprint density at radius 3 is 2.84 bits per heavy atom. The SMILES string of the molecule is CNc1nc(-c2cccc(C(=O)N3CCOCC3)c2)nc2c1CCC2. The van der Waals surface area contributed by atoms with Gasteiger partial charge < -0.3 is 15.0 Å². The third kappa shape index (κ3) is 3.09. The number of aryl methyl sites for hydroxylation is 1. The number of carbonyl (C=O) groups is 1. The molecule has 1 aliphatic carbocycles. The molecular formula is C19H22N4O2. The van der Waals surface area contributed by atoms with Gasteiger partial charge in [-0.1, -0.05) is 12.1 Å². The number of anilines is 1. The van der Waals surface area contributed by atoms with E-state index in [9.17, 15) is 4.79 Å². The smallest absolute Gasteiger partial charge is 0.254 e. The predicted molar refractivity (Wildman–Crippen MR) is 95.8 cm³/mol. The van der Waals surface area contributed by atoms with Crippen LogP contribution in [0.4, 0.5) is 5.82 Å². The van der Waals surface area contributed by atoms with E-state index in [1.807, 2.05) is 36.2 Å². The van der Waals surface area contributed by atoms with Gasteiger partial charge in [-0.15, -0.1) is 0 Å². The summed E-state index contributed by atoms with van der Waals surface area (Å²) in [7, 11) is 1.89. The molecule has 1 aromatic carbocycles. The fourth-order valence-electron chi connectivity index (χ4n) is 3.51. The van der Waals surface area contributed by atoms with Crippen LogP contribution in [0.2, 0.25) is 0 Å². The molecule has 1 aromatic heterocycles. The largest absolute Gasteiger partial charge is 0.378 e. The van der Waals surface area contributed by atoms with Crippen LogP contribution in [0.25, 0.3) is 11.4 Å². The Labute approximate surface area is 147 Å². The second-order valence-corrected chi connectivity index (χ2v) is 6.41. The van der Waals surface area contributed by atoms with Gasteiger partial charge in [0.05, 0.1) is 13.2 Å². The normalized spacial score (nSPS) is 16.6. The fourth-order valence-corrected chi connectivity index (χ4v) is 3.51. The molecule has 1 fully saturated rings. The van der Waals surface area contributed by atoms with Crippen molar-refractivity contribution in [3.8, 4) is 11.4 Å². The highest BCUT2D eigenvalue weighted by atomic mass is 16.5. The lowest BCUT2D eigenvalue weighted by atomic mass is 10.1. The second kappa shape index (κ2) is 6.80. The first-order valence-electron chi connectivity index (χ1n) is 8.81. The molecule has 2 heterocycles. The molecule has 4 rings (SSSR count). The van der Waals surface area contributed by atoms with Crippen LogP contribution < -0.4 is 5.32 Å². The summed E-state index contributed by atoms with van der Waals surface area (Å²) in [4.78, 5) is 24.0. The average molecular weight is 338 g/mol. The van der Waals surface area contributed by atoms with E-state index >= 15 is 0 Å². The number of nitrogens with zero attached hydrogens (tertiary/aromatic N) is 3. The van der Waals surface area contributed by atoms with Crippen LogP contribution in [0.1, 0.15) is 28.0 Å². The molecule has 130 valence electrons. The molecule has 2 aliphatic rings. The summed E-state index contributed by atoms with van der Waals surface area (Å²) in [6, 6.07) is 7.62. The van der Waals surface area contributed by atoms with Crippen molar-refractivity contribution in [3.05, 3.63) is 41.1 Å². The molecular weight excluding hydrogens is 316 g/mol. The van der Waals surface area contributed by atoms with Gasteiger partial charge in [0.2, 0.25) is 0 Å².